The van der Waals surface area contributed by atoms with Crippen LogP contribution < -0.4 is 0 Å². The Morgan fingerprint density at radius 3 is 1.52 bits per heavy atom. The lowest BCUT2D eigenvalue weighted by atomic mass is 9.66. The molecule has 2 nitrogen and oxygen atoms in total. The summed E-state index contributed by atoms with van der Waals surface area (Å²) in [6.45, 7) is 1.99. The molecule has 0 aliphatic rings. The van der Waals surface area contributed by atoms with Gasteiger partial charge in [0.1, 0.15) is 0 Å². The first-order chi connectivity index (χ1) is 15.1. The fraction of sp³-hybridized carbons (Fsp3) is 0.103. The number of carbonyl (C=O) groups is 2. The van der Waals surface area contributed by atoms with Gasteiger partial charge in [-0.3, -0.25) is 9.59 Å². The second-order valence-electron chi connectivity index (χ2n) is 7.80. The average Bonchev–Trinajstić information content (AvgIpc) is 2.84. The van der Waals surface area contributed by atoms with Crippen LogP contribution in [0.15, 0.2) is 115 Å². The second-order valence-corrected chi connectivity index (χ2v) is 7.80. The summed E-state index contributed by atoms with van der Waals surface area (Å²) in [5, 5.41) is 0. The third-order valence-corrected chi connectivity index (χ3v) is 5.76. The smallest absolute Gasteiger partial charge is 0.178 e. The summed E-state index contributed by atoms with van der Waals surface area (Å²) in [6.07, 6.45) is 0.0533. The first-order valence-corrected chi connectivity index (χ1v) is 10.4. The number of hydrogen-bond donors (Lipinski definition) is 0. The maximum absolute atomic E-state index is 14.2. The number of rotatable bonds is 7. The molecule has 152 valence electrons. The predicted molar refractivity (Wildman–Crippen MR) is 125 cm³/mol. The van der Waals surface area contributed by atoms with Crippen molar-refractivity contribution in [3.8, 4) is 0 Å². The lowest BCUT2D eigenvalue weighted by Gasteiger charge is -2.33. The molecule has 0 saturated carbocycles. The van der Waals surface area contributed by atoms with Crippen molar-refractivity contribution in [3.05, 3.63) is 143 Å². The Kier molecular flexibility index (Phi) is 5.90. The highest BCUT2D eigenvalue weighted by molar-refractivity contribution is 6.11. The Morgan fingerprint density at radius 2 is 1.03 bits per heavy atom. The second kappa shape index (κ2) is 8.93. The van der Waals surface area contributed by atoms with E-state index in [0.717, 1.165) is 16.7 Å². The van der Waals surface area contributed by atoms with Crippen molar-refractivity contribution in [1.29, 1.82) is 0 Å². The van der Waals surface area contributed by atoms with E-state index in [1.54, 1.807) is 12.1 Å². The van der Waals surface area contributed by atoms with Gasteiger partial charge in [-0.1, -0.05) is 121 Å². The molecule has 0 spiro atoms. The number of aryl methyl sites for hydroxylation is 1. The van der Waals surface area contributed by atoms with Crippen molar-refractivity contribution >= 4 is 11.6 Å². The van der Waals surface area contributed by atoms with Gasteiger partial charge in [0.2, 0.25) is 0 Å². The third kappa shape index (κ3) is 4.10. The summed E-state index contributed by atoms with van der Waals surface area (Å²) in [5.74, 6) is -0.136. The van der Waals surface area contributed by atoms with E-state index < -0.39 is 5.41 Å². The number of Topliss-reactive ketones (excluding diaryl/α,β-unsaturated/α-hetero) is 2. The van der Waals surface area contributed by atoms with Gasteiger partial charge < -0.3 is 0 Å². The Morgan fingerprint density at radius 1 is 0.581 bits per heavy atom. The van der Waals surface area contributed by atoms with E-state index in [9.17, 15) is 9.59 Å². The molecule has 0 bridgehead atoms. The molecule has 0 saturated heterocycles. The molecule has 4 aromatic carbocycles. The zero-order chi connectivity index (χ0) is 21.7. The van der Waals surface area contributed by atoms with Crippen LogP contribution in [-0.2, 0) is 5.41 Å². The van der Waals surface area contributed by atoms with Crippen molar-refractivity contribution in [1.82, 2.24) is 0 Å². The van der Waals surface area contributed by atoms with E-state index in [0.29, 0.717) is 11.1 Å². The first-order valence-electron chi connectivity index (χ1n) is 10.4. The number of benzene rings is 4. The molecule has 0 aliphatic heterocycles. The number of ketones is 2. The highest BCUT2D eigenvalue weighted by Gasteiger charge is 2.44. The van der Waals surface area contributed by atoms with Crippen LogP contribution in [0.25, 0.3) is 0 Å². The number of hydrogen-bond acceptors (Lipinski definition) is 2. The van der Waals surface area contributed by atoms with E-state index in [2.05, 4.69) is 0 Å². The molecule has 0 atom stereocenters. The summed E-state index contributed by atoms with van der Waals surface area (Å²) < 4.78 is 0. The molecule has 0 unspecified atom stereocenters. The van der Waals surface area contributed by atoms with Gasteiger partial charge in [0.15, 0.2) is 11.6 Å². The molecular weight excluding hydrogens is 380 g/mol. The Balaban J connectivity index is 1.94. The molecule has 0 heterocycles. The summed E-state index contributed by atoms with van der Waals surface area (Å²) in [7, 11) is 0. The van der Waals surface area contributed by atoms with Crippen molar-refractivity contribution < 1.29 is 9.59 Å². The highest BCUT2D eigenvalue weighted by atomic mass is 16.1. The normalized spacial score (nSPS) is 11.1. The lowest BCUT2D eigenvalue weighted by Crippen LogP contribution is -2.39. The Hall–Kier alpha value is -3.78. The molecule has 0 amide bonds. The van der Waals surface area contributed by atoms with E-state index in [1.807, 2.05) is 110 Å². The van der Waals surface area contributed by atoms with Crippen LogP contribution in [0, 0.1) is 6.92 Å². The van der Waals surface area contributed by atoms with Crippen LogP contribution >= 0.6 is 0 Å². The zero-order valence-electron chi connectivity index (χ0n) is 17.5. The fourth-order valence-electron chi connectivity index (χ4n) is 4.08. The van der Waals surface area contributed by atoms with Crippen molar-refractivity contribution in [3.63, 3.8) is 0 Å². The fourth-order valence-corrected chi connectivity index (χ4v) is 4.08. The molecular formula is C29H24O2. The van der Waals surface area contributed by atoms with Crippen LogP contribution in [-0.4, -0.2) is 11.6 Å². The minimum atomic E-state index is -1.12. The molecule has 0 N–H and O–H groups in total. The molecule has 0 aromatic heterocycles. The molecule has 4 aromatic rings. The molecule has 4 rings (SSSR count). The zero-order valence-corrected chi connectivity index (χ0v) is 17.5. The molecule has 0 fully saturated rings. The van der Waals surface area contributed by atoms with Crippen LogP contribution in [0.3, 0.4) is 0 Å². The highest BCUT2D eigenvalue weighted by Crippen LogP contribution is 2.40. The minimum Gasteiger partial charge on any atom is -0.294 e. The molecule has 0 aliphatic carbocycles. The van der Waals surface area contributed by atoms with Gasteiger partial charge in [0, 0.05) is 17.5 Å². The van der Waals surface area contributed by atoms with E-state index in [1.165, 1.54) is 0 Å². The first kappa shape index (κ1) is 20.5. The van der Waals surface area contributed by atoms with Crippen LogP contribution in [0.1, 0.15) is 43.8 Å². The average molecular weight is 405 g/mol. The van der Waals surface area contributed by atoms with Crippen LogP contribution in [0.4, 0.5) is 0 Å². The van der Waals surface area contributed by atoms with Gasteiger partial charge in [-0.2, -0.15) is 0 Å². The quantitative estimate of drug-likeness (QED) is 0.332. The minimum absolute atomic E-state index is 0.0533. The molecule has 31 heavy (non-hydrogen) atoms. The summed E-state index contributed by atoms with van der Waals surface area (Å²) in [4.78, 5) is 27.6. The van der Waals surface area contributed by atoms with Crippen molar-refractivity contribution in [2.45, 2.75) is 18.8 Å². The van der Waals surface area contributed by atoms with Gasteiger partial charge in [-0.15, -0.1) is 0 Å². The monoisotopic (exact) mass is 404 g/mol. The summed E-state index contributed by atoms with van der Waals surface area (Å²) >= 11 is 0. The van der Waals surface area contributed by atoms with Gasteiger partial charge >= 0.3 is 0 Å². The molecule has 0 radical (unpaired) electrons. The third-order valence-electron chi connectivity index (χ3n) is 5.76. The van der Waals surface area contributed by atoms with E-state index in [-0.39, 0.29) is 18.0 Å². The van der Waals surface area contributed by atoms with Crippen molar-refractivity contribution in [2.24, 2.45) is 0 Å². The van der Waals surface area contributed by atoms with Crippen molar-refractivity contribution in [2.75, 3.05) is 0 Å². The lowest BCUT2D eigenvalue weighted by molar-refractivity contribution is 0.0843. The SMILES string of the molecule is Cc1ccc(C(=O)C(CC(=O)c2ccccc2)(c2ccccc2)c2ccccc2)cc1. The maximum Gasteiger partial charge on any atom is 0.178 e. The maximum atomic E-state index is 14.2. The number of carbonyl (C=O) groups excluding carboxylic acids is 2. The Labute approximate surface area is 183 Å². The summed E-state index contributed by atoms with van der Waals surface area (Å²) in [6, 6.07) is 36.1. The van der Waals surface area contributed by atoms with Gasteiger partial charge in [0.05, 0.1) is 5.41 Å². The predicted octanol–water partition coefficient (Wildman–Crippen LogP) is 6.44. The van der Waals surface area contributed by atoms with Gasteiger partial charge in [0.25, 0.3) is 0 Å². The topological polar surface area (TPSA) is 34.1 Å². The standard InChI is InChI=1S/C29H24O2/c1-22-17-19-24(20-18-22)28(31)29(25-13-7-3-8-14-25,26-15-9-4-10-16-26)21-27(30)23-11-5-2-6-12-23/h2-20H,21H2,1H3. The van der Waals surface area contributed by atoms with Gasteiger partial charge in [-0.05, 0) is 18.1 Å². The van der Waals surface area contributed by atoms with Crippen LogP contribution in [0.2, 0.25) is 0 Å². The van der Waals surface area contributed by atoms with E-state index >= 15 is 0 Å². The largest absolute Gasteiger partial charge is 0.294 e. The Bertz CT molecular complexity index is 1120. The summed E-state index contributed by atoms with van der Waals surface area (Å²) in [5.41, 5.74) is 2.80. The van der Waals surface area contributed by atoms with Gasteiger partial charge in [-0.25, -0.2) is 0 Å². The van der Waals surface area contributed by atoms with Crippen LogP contribution in [0.5, 0.6) is 0 Å². The van der Waals surface area contributed by atoms with E-state index in [4.69, 9.17) is 0 Å². The molecule has 2 heteroatoms.